The Morgan fingerprint density at radius 2 is 1.85 bits per heavy atom. The zero-order valence-corrected chi connectivity index (χ0v) is 11.0. The molecule has 0 N–H and O–H groups in total. The molecule has 2 aromatic carbocycles. The zero-order valence-electron chi connectivity index (χ0n) is 11.0. The Kier molecular flexibility index (Phi) is 2.97. The highest BCUT2D eigenvalue weighted by Crippen LogP contribution is 2.29. The van der Waals surface area contributed by atoms with Crippen LogP contribution in [0.5, 0.6) is 0 Å². The van der Waals surface area contributed by atoms with E-state index in [1.54, 1.807) is 12.1 Å². The lowest BCUT2D eigenvalue weighted by atomic mass is 9.94. The Morgan fingerprint density at radius 3 is 2.55 bits per heavy atom. The lowest BCUT2D eigenvalue weighted by Gasteiger charge is -2.07. The van der Waals surface area contributed by atoms with Gasteiger partial charge in [0, 0.05) is 11.1 Å². The van der Waals surface area contributed by atoms with Crippen molar-refractivity contribution in [2.45, 2.75) is 13.3 Å². The molecule has 3 rings (SSSR count). The van der Waals surface area contributed by atoms with Gasteiger partial charge in [0.1, 0.15) is 5.82 Å². The van der Waals surface area contributed by atoms with Crippen molar-refractivity contribution in [1.29, 1.82) is 0 Å². The fourth-order valence-electron chi connectivity index (χ4n) is 2.60. The van der Waals surface area contributed by atoms with Crippen molar-refractivity contribution in [3.8, 4) is 0 Å². The minimum absolute atomic E-state index is 0.188. The molecule has 2 nitrogen and oxygen atoms in total. The van der Waals surface area contributed by atoms with E-state index in [1.165, 1.54) is 18.2 Å². The third-order valence-electron chi connectivity index (χ3n) is 3.73. The molecule has 0 radical (unpaired) electrons. The van der Waals surface area contributed by atoms with Crippen LogP contribution in [0.4, 0.5) is 4.39 Å². The lowest BCUT2D eigenvalue weighted by molar-refractivity contribution is 0.0822. The van der Waals surface area contributed by atoms with Gasteiger partial charge in [-0.1, -0.05) is 29.8 Å². The molecule has 0 heterocycles. The number of aryl methyl sites for hydroxylation is 1. The van der Waals surface area contributed by atoms with Gasteiger partial charge >= 0.3 is 0 Å². The average Bonchev–Trinajstić information content (AvgIpc) is 2.75. The first-order valence-corrected chi connectivity index (χ1v) is 6.50. The summed E-state index contributed by atoms with van der Waals surface area (Å²) in [4.78, 5) is 24.7. The van der Waals surface area contributed by atoms with Gasteiger partial charge < -0.3 is 0 Å². The van der Waals surface area contributed by atoms with Crippen molar-refractivity contribution in [1.82, 2.24) is 0 Å². The van der Waals surface area contributed by atoms with Gasteiger partial charge in [-0.25, -0.2) is 4.39 Å². The van der Waals surface area contributed by atoms with Crippen molar-refractivity contribution < 1.29 is 14.0 Å². The fourth-order valence-corrected chi connectivity index (χ4v) is 2.60. The summed E-state index contributed by atoms with van der Waals surface area (Å²) in [5.41, 5.74) is 2.68. The van der Waals surface area contributed by atoms with Crippen LogP contribution >= 0.6 is 0 Å². The number of carbonyl (C=O) groups is 2. The highest BCUT2D eigenvalue weighted by molar-refractivity contribution is 6.18. The maximum absolute atomic E-state index is 13.2. The van der Waals surface area contributed by atoms with E-state index in [9.17, 15) is 14.0 Å². The second kappa shape index (κ2) is 4.67. The lowest BCUT2D eigenvalue weighted by Crippen LogP contribution is -2.20. The molecule has 0 saturated heterocycles. The van der Waals surface area contributed by atoms with Gasteiger partial charge in [0.25, 0.3) is 0 Å². The molecule has 20 heavy (non-hydrogen) atoms. The van der Waals surface area contributed by atoms with Gasteiger partial charge in [0.2, 0.25) is 0 Å². The molecule has 0 spiro atoms. The molecule has 2 aromatic rings. The van der Waals surface area contributed by atoms with Crippen molar-refractivity contribution in [3.63, 3.8) is 0 Å². The van der Waals surface area contributed by atoms with Crippen LogP contribution in [0.2, 0.25) is 0 Å². The van der Waals surface area contributed by atoms with E-state index in [1.807, 2.05) is 19.1 Å². The smallest absolute Gasteiger partial charge is 0.174 e. The number of ketones is 2. The van der Waals surface area contributed by atoms with Crippen LogP contribution in [0.25, 0.3) is 0 Å². The van der Waals surface area contributed by atoms with Crippen LogP contribution in [0.3, 0.4) is 0 Å². The number of hydrogen-bond acceptors (Lipinski definition) is 2. The Morgan fingerprint density at radius 1 is 1.15 bits per heavy atom. The molecule has 3 heteroatoms. The first kappa shape index (κ1) is 12.7. The van der Waals surface area contributed by atoms with Crippen LogP contribution in [-0.4, -0.2) is 11.6 Å². The van der Waals surface area contributed by atoms with E-state index in [2.05, 4.69) is 0 Å². The zero-order chi connectivity index (χ0) is 14.3. The minimum Gasteiger partial charge on any atom is -0.293 e. The van der Waals surface area contributed by atoms with E-state index in [0.717, 1.165) is 5.56 Å². The fraction of sp³-hybridized carbons (Fsp3) is 0.176. The number of rotatable bonds is 2. The maximum atomic E-state index is 13.2. The number of halogens is 1. The molecule has 1 atom stereocenters. The van der Waals surface area contributed by atoms with Crippen molar-refractivity contribution in [3.05, 3.63) is 70.5 Å². The van der Waals surface area contributed by atoms with Gasteiger partial charge in [-0.3, -0.25) is 9.59 Å². The van der Waals surface area contributed by atoms with Crippen LogP contribution in [0, 0.1) is 18.7 Å². The van der Waals surface area contributed by atoms with E-state index < -0.39 is 5.92 Å². The molecule has 0 fully saturated rings. The third kappa shape index (κ3) is 2.05. The van der Waals surface area contributed by atoms with Crippen LogP contribution < -0.4 is 0 Å². The van der Waals surface area contributed by atoms with Gasteiger partial charge in [0.15, 0.2) is 11.6 Å². The molecule has 1 unspecified atom stereocenters. The normalized spacial score (nSPS) is 17.1. The molecule has 1 aliphatic rings. The van der Waals surface area contributed by atoms with E-state index in [0.29, 0.717) is 23.1 Å². The third-order valence-corrected chi connectivity index (χ3v) is 3.73. The summed E-state index contributed by atoms with van der Waals surface area (Å²) in [7, 11) is 0. The molecule has 0 saturated carbocycles. The predicted molar refractivity (Wildman–Crippen MR) is 73.4 cm³/mol. The van der Waals surface area contributed by atoms with Gasteiger partial charge in [-0.2, -0.15) is 0 Å². The summed E-state index contributed by atoms with van der Waals surface area (Å²) in [6, 6.07) is 11.2. The maximum Gasteiger partial charge on any atom is 0.174 e. The first-order chi connectivity index (χ1) is 9.56. The summed E-state index contributed by atoms with van der Waals surface area (Å²) in [5.74, 6) is -1.48. The molecule has 0 aliphatic heterocycles. The van der Waals surface area contributed by atoms with E-state index in [-0.39, 0.29) is 17.4 Å². The summed E-state index contributed by atoms with van der Waals surface area (Å²) in [6.45, 7) is 1.94. The van der Waals surface area contributed by atoms with Crippen molar-refractivity contribution >= 4 is 11.6 Å². The first-order valence-electron chi connectivity index (χ1n) is 6.50. The highest BCUT2D eigenvalue weighted by Gasteiger charge is 2.36. The number of carbonyl (C=O) groups excluding carboxylic acids is 2. The molecular formula is C17H13FO2. The minimum atomic E-state index is -0.713. The van der Waals surface area contributed by atoms with Gasteiger partial charge in [-0.05, 0) is 37.1 Å². The van der Waals surface area contributed by atoms with Gasteiger partial charge in [-0.15, -0.1) is 0 Å². The van der Waals surface area contributed by atoms with Crippen LogP contribution in [0.1, 0.15) is 31.8 Å². The van der Waals surface area contributed by atoms with Crippen molar-refractivity contribution in [2.24, 2.45) is 5.92 Å². The van der Waals surface area contributed by atoms with Crippen molar-refractivity contribution in [2.75, 3.05) is 0 Å². The Balaban J connectivity index is 1.92. The molecule has 0 bridgehead atoms. The standard InChI is InChI=1S/C17H13FO2/c1-10-2-4-11(5-3-10)16(19)15-9-12-8-13(18)6-7-14(12)17(15)20/h2-8,15H,9H2,1H3. The van der Waals surface area contributed by atoms with E-state index in [4.69, 9.17) is 0 Å². The quantitative estimate of drug-likeness (QED) is 0.618. The number of benzene rings is 2. The topological polar surface area (TPSA) is 34.1 Å². The molecule has 0 amide bonds. The van der Waals surface area contributed by atoms with E-state index >= 15 is 0 Å². The molecule has 100 valence electrons. The van der Waals surface area contributed by atoms with Gasteiger partial charge in [0.05, 0.1) is 5.92 Å². The Labute approximate surface area is 116 Å². The molecular weight excluding hydrogens is 255 g/mol. The Bertz CT molecular complexity index is 701. The SMILES string of the molecule is Cc1ccc(C(=O)C2Cc3cc(F)ccc3C2=O)cc1. The van der Waals surface area contributed by atoms with Crippen LogP contribution in [-0.2, 0) is 6.42 Å². The average molecular weight is 268 g/mol. The number of hydrogen-bond donors (Lipinski definition) is 0. The summed E-state index contributed by atoms with van der Waals surface area (Å²) < 4.78 is 13.2. The summed E-state index contributed by atoms with van der Waals surface area (Å²) in [5, 5.41) is 0. The molecule has 1 aliphatic carbocycles. The number of Topliss-reactive ketones (excluding diaryl/α,β-unsaturated/α-hetero) is 2. The predicted octanol–water partition coefficient (Wildman–Crippen LogP) is 3.37. The largest absolute Gasteiger partial charge is 0.293 e. The monoisotopic (exact) mass is 268 g/mol. The number of fused-ring (bicyclic) bond motifs is 1. The Hall–Kier alpha value is -2.29. The highest BCUT2D eigenvalue weighted by atomic mass is 19.1. The summed E-state index contributed by atoms with van der Waals surface area (Å²) in [6.07, 6.45) is 0.290. The van der Waals surface area contributed by atoms with Crippen LogP contribution in [0.15, 0.2) is 42.5 Å². The second-order valence-corrected chi connectivity index (χ2v) is 5.15. The second-order valence-electron chi connectivity index (χ2n) is 5.15. The molecule has 0 aromatic heterocycles. The summed E-state index contributed by atoms with van der Waals surface area (Å²) >= 11 is 0.